The Hall–Kier alpha value is -3.39. The number of ether oxygens (including phenoxy) is 4. The van der Waals surface area contributed by atoms with Gasteiger partial charge >= 0.3 is 18.1 Å². The number of benzene rings is 2. The number of rotatable bonds is 9. The van der Waals surface area contributed by atoms with Gasteiger partial charge < -0.3 is 23.4 Å². The zero-order chi connectivity index (χ0) is 28.5. The van der Waals surface area contributed by atoms with Gasteiger partial charge in [0.15, 0.2) is 0 Å². The Morgan fingerprint density at radius 1 is 0.854 bits per heavy atom. The van der Waals surface area contributed by atoms with E-state index in [-0.39, 0.29) is 12.5 Å². The van der Waals surface area contributed by atoms with Crippen molar-refractivity contribution in [3.63, 3.8) is 0 Å². The topological polar surface area (TPSA) is 88.1 Å². The summed E-state index contributed by atoms with van der Waals surface area (Å²) in [4.78, 5) is 39.3. The molecule has 2 aliphatic carbocycles. The number of piperidine rings is 1. The number of hydrogen-bond acceptors (Lipinski definition) is 7. The van der Waals surface area contributed by atoms with Crippen LogP contribution in [0.2, 0.25) is 0 Å². The molecule has 4 aliphatic rings. The lowest BCUT2D eigenvalue weighted by molar-refractivity contribution is -0.976. The molecule has 0 N–H and O–H groups in total. The molecule has 2 saturated heterocycles. The molecule has 0 radical (unpaired) electrons. The van der Waals surface area contributed by atoms with Crippen LogP contribution in [0.4, 0.5) is 4.79 Å². The first kappa shape index (κ1) is 27.8. The highest BCUT2D eigenvalue weighted by atomic mass is 16.8. The van der Waals surface area contributed by atoms with Gasteiger partial charge in [0.2, 0.25) is 6.79 Å². The van der Waals surface area contributed by atoms with Gasteiger partial charge in [0.25, 0.3) is 5.60 Å². The summed E-state index contributed by atoms with van der Waals surface area (Å²) in [5.74, 6) is -0.189. The van der Waals surface area contributed by atoms with E-state index >= 15 is 0 Å². The van der Waals surface area contributed by atoms with E-state index < -0.39 is 30.5 Å². The van der Waals surface area contributed by atoms with Crippen LogP contribution in [0, 0.1) is 11.8 Å². The Morgan fingerprint density at radius 2 is 1.51 bits per heavy atom. The van der Waals surface area contributed by atoms with Crippen molar-refractivity contribution in [2.75, 3.05) is 19.9 Å². The maximum atomic E-state index is 14.5. The molecule has 0 aromatic heterocycles. The van der Waals surface area contributed by atoms with Crippen molar-refractivity contribution in [2.24, 2.45) is 11.8 Å². The first-order valence-corrected chi connectivity index (χ1v) is 15.2. The van der Waals surface area contributed by atoms with Crippen LogP contribution in [0.5, 0.6) is 0 Å². The fourth-order valence-corrected chi connectivity index (χ4v) is 8.25. The van der Waals surface area contributed by atoms with Crippen LogP contribution in [-0.4, -0.2) is 60.6 Å². The quantitative estimate of drug-likeness (QED) is 0.173. The lowest BCUT2D eigenvalue weighted by Crippen LogP contribution is -2.67. The average molecular weight is 563 g/mol. The minimum absolute atomic E-state index is 0.216. The minimum atomic E-state index is -1.89. The van der Waals surface area contributed by atoms with Crippen molar-refractivity contribution in [3.8, 4) is 0 Å². The fraction of sp³-hybridized carbons (Fsp3) is 0.545. The van der Waals surface area contributed by atoms with Crippen molar-refractivity contribution in [2.45, 2.75) is 82.1 Å². The molecule has 41 heavy (non-hydrogen) atoms. The third-order valence-electron chi connectivity index (χ3n) is 10.1. The molecular formula is C33H40NO7+. The van der Waals surface area contributed by atoms with Gasteiger partial charge in [-0.3, -0.25) is 4.79 Å². The van der Waals surface area contributed by atoms with Crippen LogP contribution in [0.1, 0.15) is 69.4 Å². The molecule has 5 atom stereocenters. The Morgan fingerprint density at radius 3 is 2.10 bits per heavy atom. The predicted octanol–water partition coefficient (Wildman–Crippen LogP) is 5.48. The zero-order valence-corrected chi connectivity index (χ0v) is 23.7. The highest BCUT2D eigenvalue weighted by Gasteiger charge is 2.65. The van der Waals surface area contributed by atoms with Crippen LogP contribution in [0.3, 0.4) is 0 Å². The molecule has 8 nitrogen and oxygen atoms in total. The van der Waals surface area contributed by atoms with E-state index in [1.165, 1.54) is 43.3 Å². The normalized spacial score (nSPS) is 27.4. The third kappa shape index (κ3) is 4.90. The van der Waals surface area contributed by atoms with Crippen LogP contribution >= 0.6 is 0 Å². The van der Waals surface area contributed by atoms with Crippen molar-refractivity contribution < 1.29 is 37.8 Å². The third-order valence-corrected chi connectivity index (χ3v) is 10.1. The summed E-state index contributed by atoms with van der Waals surface area (Å²) in [6, 6.07) is 19.1. The molecule has 4 fully saturated rings. The van der Waals surface area contributed by atoms with E-state index in [9.17, 15) is 14.4 Å². The van der Waals surface area contributed by atoms with Crippen LogP contribution in [0.15, 0.2) is 60.7 Å². The number of esters is 2. The maximum Gasteiger partial charge on any atom is 0.513 e. The van der Waals surface area contributed by atoms with E-state index in [1.807, 2.05) is 19.1 Å². The van der Waals surface area contributed by atoms with Gasteiger partial charge in [-0.25, -0.2) is 9.59 Å². The smallest absolute Gasteiger partial charge is 0.458 e. The zero-order valence-electron chi connectivity index (χ0n) is 23.7. The van der Waals surface area contributed by atoms with Crippen molar-refractivity contribution >= 4 is 18.1 Å². The summed E-state index contributed by atoms with van der Waals surface area (Å²) in [6.07, 6.45) is 6.46. The number of quaternary nitrogens is 1. The number of hydrogen-bond donors (Lipinski definition) is 0. The summed E-state index contributed by atoms with van der Waals surface area (Å²) in [5, 5.41) is 0. The molecule has 2 aromatic rings. The molecule has 0 amide bonds. The van der Waals surface area contributed by atoms with Crippen LogP contribution < -0.4 is 0 Å². The van der Waals surface area contributed by atoms with E-state index in [0.29, 0.717) is 41.5 Å². The van der Waals surface area contributed by atoms with Gasteiger partial charge in [0, 0.05) is 61.5 Å². The molecule has 8 heteroatoms. The largest absolute Gasteiger partial charge is 0.513 e. The number of nitrogens with zero attached hydrogens (tertiary/aromatic N) is 1. The molecule has 2 bridgehead atoms. The first-order chi connectivity index (χ1) is 20.0. The number of carbonyl (C=O) groups is 3. The summed E-state index contributed by atoms with van der Waals surface area (Å²) in [5.41, 5.74) is -0.967. The van der Waals surface area contributed by atoms with Crippen LogP contribution in [-0.2, 0) is 34.1 Å². The summed E-state index contributed by atoms with van der Waals surface area (Å²) >= 11 is 0. The van der Waals surface area contributed by atoms with Gasteiger partial charge in [-0.05, 0) is 12.8 Å². The number of carbonyl (C=O) groups excluding carboxylic acids is 3. The van der Waals surface area contributed by atoms with Gasteiger partial charge in [-0.15, -0.1) is 0 Å². The van der Waals surface area contributed by atoms with Crippen molar-refractivity contribution in [3.05, 3.63) is 71.8 Å². The Kier molecular flexibility index (Phi) is 7.77. The van der Waals surface area contributed by atoms with Gasteiger partial charge in [0.1, 0.15) is 6.10 Å². The Bertz CT molecular complexity index is 1200. The van der Waals surface area contributed by atoms with E-state index in [0.717, 1.165) is 12.8 Å². The molecule has 5 unspecified atom stereocenters. The standard InChI is InChI=1S/C33H40NO7/c1-2-11-30(35)38-22-39-32(37)41-33(23-12-5-3-6-13-23,24-14-7-4-8-15-24)31(36)40-29-21-25-20-27(29)26-16-17-28(26)34(25)18-9-10-19-34/h3-8,12-15,25-29H,2,9-11,16-22H2,1H3/q+1. The second-order valence-corrected chi connectivity index (χ2v) is 12.1. The molecule has 1 spiro atoms. The fourth-order valence-electron chi connectivity index (χ4n) is 8.25. The second kappa shape index (κ2) is 11.5. The predicted molar refractivity (Wildman–Crippen MR) is 149 cm³/mol. The summed E-state index contributed by atoms with van der Waals surface area (Å²) in [6.45, 7) is 3.75. The molecule has 2 aliphatic heterocycles. The van der Waals surface area contributed by atoms with Gasteiger partial charge in [-0.2, -0.15) is 0 Å². The average Bonchev–Trinajstić information content (AvgIpc) is 3.59. The highest BCUT2D eigenvalue weighted by molar-refractivity contribution is 5.88. The molecule has 6 rings (SSSR count). The Balaban J connectivity index is 1.29. The lowest BCUT2D eigenvalue weighted by Gasteiger charge is -2.57. The van der Waals surface area contributed by atoms with E-state index in [2.05, 4.69) is 0 Å². The maximum absolute atomic E-state index is 14.5. The first-order valence-electron chi connectivity index (χ1n) is 15.2. The summed E-state index contributed by atoms with van der Waals surface area (Å²) in [7, 11) is 0. The van der Waals surface area contributed by atoms with Crippen molar-refractivity contribution in [1.29, 1.82) is 0 Å². The molecule has 2 aromatic carbocycles. The second-order valence-electron chi connectivity index (χ2n) is 12.1. The SMILES string of the molecule is CCCC(=O)OCOC(=O)OC(C(=O)OC1CC2CC1C1CCC1[N+]21CCCC1)(c1ccccc1)c1ccccc1. The van der Waals surface area contributed by atoms with Crippen LogP contribution in [0.25, 0.3) is 0 Å². The molecule has 2 saturated carbocycles. The highest BCUT2D eigenvalue weighted by Crippen LogP contribution is 2.58. The minimum Gasteiger partial charge on any atom is -0.458 e. The van der Waals surface area contributed by atoms with E-state index in [1.54, 1.807) is 48.5 Å². The monoisotopic (exact) mass is 562 g/mol. The number of fused-ring (bicyclic) bond motifs is 6. The van der Waals surface area contributed by atoms with E-state index in [4.69, 9.17) is 18.9 Å². The lowest BCUT2D eigenvalue weighted by atomic mass is 9.66. The van der Waals surface area contributed by atoms with Crippen molar-refractivity contribution in [1.82, 2.24) is 0 Å². The van der Waals surface area contributed by atoms with Gasteiger partial charge in [-0.1, -0.05) is 67.6 Å². The molecular weight excluding hydrogens is 522 g/mol. The molecule has 218 valence electrons. The summed E-state index contributed by atoms with van der Waals surface area (Å²) < 4.78 is 23.8. The molecule has 2 heterocycles. The van der Waals surface area contributed by atoms with Gasteiger partial charge in [0.05, 0.1) is 25.2 Å². The Labute approximate surface area is 241 Å².